The fourth-order valence-corrected chi connectivity index (χ4v) is 5.15. The Kier molecular flexibility index (Phi) is 10.4. The van der Waals surface area contributed by atoms with E-state index in [4.69, 9.17) is 62.7 Å². The SMILES string of the molecule is CC(C)(C)C(=O)C(Oc1ccc(Cl)cc1)n1cncn1.O=C1C2CC=CCC2C(=O)N1SC(Cl)(Cl)C(Cl)Cl. The predicted molar refractivity (Wildman–Crippen MR) is 150 cm³/mol. The van der Waals surface area contributed by atoms with Crippen molar-refractivity contribution in [3.8, 4) is 5.75 Å². The van der Waals surface area contributed by atoms with Gasteiger partial charge in [-0.3, -0.25) is 14.4 Å². The van der Waals surface area contributed by atoms with Crippen molar-refractivity contribution in [2.24, 2.45) is 17.3 Å². The van der Waals surface area contributed by atoms with Crippen LogP contribution in [0.25, 0.3) is 0 Å². The first-order valence-corrected chi connectivity index (χ1v) is 14.2. The van der Waals surface area contributed by atoms with E-state index in [2.05, 4.69) is 10.1 Å². The molecule has 1 fully saturated rings. The number of ketones is 1. The number of ether oxygens (including phenoxy) is 1. The lowest BCUT2D eigenvalue weighted by Gasteiger charge is -2.25. The molecule has 3 atom stereocenters. The van der Waals surface area contributed by atoms with Crippen LogP contribution in [0.3, 0.4) is 0 Å². The molecule has 1 aliphatic carbocycles. The van der Waals surface area contributed by atoms with Crippen molar-refractivity contribution in [3.63, 3.8) is 0 Å². The molecule has 14 heteroatoms. The standard InChI is InChI=1S/C14H16ClN3O2.C10H9Cl4NO2S/c1-14(2,3)12(19)13(18-9-16-8-17-18)20-11-6-4-10(15)5-7-11;11-9(12)10(13,14)18-15-7(16)5-3-1-2-4-6(5)8(15)17/h4-9,13H,1-3H3;1-2,5-6,9H,3-4H2. The summed E-state index contributed by atoms with van der Waals surface area (Å²) in [6.07, 6.45) is 6.92. The first kappa shape index (κ1) is 31.0. The number of carbonyl (C=O) groups excluding carboxylic acids is 3. The van der Waals surface area contributed by atoms with E-state index in [1.165, 1.54) is 17.3 Å². The van der Waals surface area contributed by atoms with Crippen LogP contribution in [-0.4, -0.2) is 45.2 Å². The molecule has 1 saturated heterocycles. The molecule has 0 saturated carbocycles. The number of hydrogen-bond donors (Lipinski definition) is 0. The number of aromatic nitrogens is 3. The fourth-order valence-electron chi connectivity index (χ4n) is 3.60. The molecule has 1 aromatic carbocycles. The van der Waals surface area contributed by atoms with Gasteiger partial charge in [0.25, 0.3) is 6.23 Å². The largest absolute Gasteiger partial charge is 0.461 e. The van der Waals surface area contributed by atoms with Gasteiger partial charge in [0, 0.05) is 22.4 Å². The predicted octanol–water partition coefficient (Wildman–Crippen LogP) is 6.65. The Bertz CT molecular complexity index is 1140. The molecule has 4 rings (SSSR count). The van der Waals surface area contributed by atoms with Crippen LogP contribution >= 0.6 is 70.0 Å². The summed E-state index contributed by atoms with van der Waals surface area (Å²) in [4.78, 5) is 39.4. The molecule has 0 spiro atoms. The highest BCUT2D eigenvalue weighted by molar-refractivity contribution is 8.02. The Morgan fingerprint density at radius 3 is 2.05 bits per heavy atom. The van der Waals surface area contributed by atoms with Crippen molar-refractivity contribution in [1.29, 1.82) is 0 Å². The lowest BCUT2D eigenvalue weighted by atomic mass is 9.85. The summed E-state index contributed by atoms with van der Waals surface area (Å²) in [6.45, 7) is 5.51. The number of amides is 2. The number of hydrogen-bond acceptors (Lipinski definition) is 7. The second-order valence-electron chi connectivity index (χ2n) is 9.49. The summed E-state index contributed by atoms with van der Waals surface area (Å²) >= 11 is 29.5. The zero-order valence-electron chi connectivity index (χ0n) is 20.6. The van der Waals surface area contributed by atoms with Gasteiger partial charge in [-0.1, -0.05) is 67.7 Å². The van der Waals surface area contributed by atoms with Gasteiger partial charge in [0.1, 0.15) is 18.4 Å². The Morgan fingerprint density at radius 2 is 1.61 bits per heavy atom. The molecular weight excluding hydrogens is 618 g/mol. The Morgan fingerprint density at radius 1 is 1.05 bits per heavy atom. The van der Waals surface area contributed by atoms with Crippen LogP contribution < -0.4 is 4.74 Å². The van der Waals surface area contributed by atoms with Gasteiger partial charge in [-0.2, -0.15) is 5.10 Å². The normalized spacial score (nSPS) is 20.2. The highest BCUT2D eigenvalue weighted by atomic mass is 35.5. The lowest BCUT2D eigenvalue weighted by Crippen LogP contribution is -2.34. The topological polar surface area (TPSA) is 94.4 Å². The van der Waals surface area contributed by atoms with Gasteiger partial charge in [-0.15, -0.1) is 23.2 Å². The number of alkyl halides is 4. The van der Waals surface area contributed by atoms with Gasteiger partial charge >= 0.3 is 0 Å². The van der Waals surface area contributed by atoms with Gasteiger partial charge < -0.3 is 4.74 Å². The molecular formula is C24H25Cl5N4O4S. The van der Waals surface area contributed by atoms with Crippen molar-refractivity contribution in [1.82, 2.24) is 19.1 Å². The quantitative estimate of drug-likeness (QED) is 0.145. The molecule has 2 aromatic rings. The number of nitrogens with zero attached hydrogens (tertiary/aromatic N) is 4. The van der Waals surface area contributed by atoms with Crippen molar-refractivity contribution in [2.75, 3.05) is 0 Å². The number of benzene rings is 1. The maximum Gasteiger partial charge on any atom is 0.252 e. The van der Waals surface area contributed by atoms with E-state index in [0.717, 1.165) is 4.31 Å². The number of halogens is 5. The highest BCUT2D eigenvalue weighted by Gasteiger charge is 2.51. The van der Waals surface area contributed by atoms with Gasteiger partial charge in [-0.25, -0.2) is 14.0 Å². The maximum absolute atomic E-state index is 12.5. The third-order valence-corrected chi connectivity index (χ3v) is 9.12. The molecule has 0 radical (unpaired) electrons. The van der Waals surface area contributed by atoms with Crippen molar-refractivity contribution < 1.29 is 19.1 Å². The molecule has 2 amide bonds. The van der Waals surface area contributed by atoms with Crippen LogP contribution in [0.2, 0.25) is 5.02 Å². The molecule has 8 nitrogen and oxygen atoms in total. The third kappa shape index (κ3) is 7.58. The van der Waals surface area contributed by atoms with E-state index < -0.39 is 20.1 Å². The molecule has 206 valence electrons. The Labute approximate surface area is 250 Å². The summed E-state index contributed by atoms with van der Waals surface area (Å²) < 4.78 is 6.53. The van der Waals surface area contributed by atoms with Crippen LogP contribution in [0.5, 0.6) is 5.75 Å². The summed E-state index contributed by atoms with van der Waals surface area (Å²) in [7, 11) is 0. The Balaban J connectivity index is 0.000000212. The molecule has 38 heavy (non-hydrogen) atoms. The smallest absolute Gasteiger partial charge is 0.252 e. The molecule has 3 unspecified atom stereocenters. The minimum absolute atomic E-state index is 0.0852. The lowest BCUT2D eigenvalue weighted by molar-refractivity contribution is -0.138. The van der Waals surface area contributed by atoms with E-state index in [-0.39, 0.29) is 29.4 Å². The minimum atomic E-state index is -1.63. The van der Waals surface area contributed by atoms with Crippen LogP contribution in [0.15, 0.2) is 49.1 Å². The maximum atomic E-state index is 12.5. The molecule has 2 heterocycles. The number of fused-ring (bicyclic) bond motifs is 1. The zero-order valence-corrected chi connectivity index (χ0v) is 25.2. The number of carbonyl (C=O) groups is 3. The van der Waals surface area contributed by atoms with Gasteiger partial charge in [0.05, 0.1) is 11.8 Å². The van der Waals surface area contributed by atoms with Gasteiger partial charge in [-0.05, 0) is 37.1 Å². The summed E-state index contributed by atoms with van der Waals surface area (Å²) in [6, 6.07) is 6.83. The van der Waals surface area contributed by atoms with E-state index in [0.29, 0.717) is 35.6 Å². The van der Waals surface area contributed by atoms with E-state index in [1.807, 2.05) is 32.9 Å². The van der Waals surface area contributed by atoms with E-state index in [1.54, 1.807) is 24.3 Å². The summed E-state index contributed by atoms with van der Waals surface area (Å²) in [5, 5.41) is 4.61. The summed E-state index contributed by atoms with van der Waals surface area (Å²) in [5.41, 5.74) is -0.553. The van der Waals surface area contributed by atoms with Crippen LogP contribution in [0, 0.1) is 17.3 Å². The van der Waals surface area contributed by atoms with E-state index in [9.17, 15) is 14.4 Å². The first-order valence-electron chi connectivity index (χ1n) is 11.4. The molecule has 0 bridgehead atoms. The highest BCUT2D eigenvalue weighted by Crippen LogP contribution is 2.48. The van der Waals surface area contributed by atoms with Crippen molar-refractivity contribution in [3.05, 3.63) is 54.1 Å². The number of allylic oxidation sites excluding steroid dienone is 2. The second kappa shape index (κ2) is 12.8. The minimum Gasteiger partial charge on any atom is -0.461 e. The average molecular weight is 643 g/mol. The monoisotopic (exact) mass is 640 g/mol. The molecule has 1 aliphatic heterocycles. The van der Waals surface area contributed by atoms with Gasteiger partial charge in [0.15, 0.2) is 4.84 Å². The molecule has 2 aliphatic rings. The number of rotatable bonds is 7. The summed E-state index contributed by atoms with van der Waals surface area (Å²) in [5.74, 6) is -0.727. The van der Waals surface area contributed by atoms with Crippen LogP contribution in [-0.2, 0) is 14.4 Å². The first-order chi connectivity index (χ1) is 17.7. The fraction of sp³-hybridized carbons (Fsp3) is 0.458. The van der Waals surface area contributed by atoms with Crippen molar-refractivity contribution >= 4 is 87.6 Å². The zero-order chi connectivity index (χ0) is 28.3. The van der Waals surface area contributed by atoms with Crippen LogP contribution in [0.4, 0.5) is 0 Å². The van der Waals surface area contributed by atoms with Crippen LogP contribution in [0.1, 0.15) is 39.8 Å². The van der Waals surface area contributed by atoms with E-state index >= 15 is 0 Å². The average Bonchev–Trinajstić information content (AvgIpc) is 3.47. The third-order valence-electron chi connectivity index (χ3n) is 5.64. The number of Topliss-reactive ketones (excluding diaryl/α,β-unsaturated/α-hetero) is 1. The second-order valence-corrected chi connectivity index (χ2v) is 14.1. The van der Waals surface area contributed by atoms with Crippen molar-refractivity contribution in [2.45, 2.75) is 48.3 Å². The molecule has 0 N–H and O–H groups in total. The Hall–Kier alpha value is -1.49. The number of imide groups is 1. The van der Waals surface area contributed by atoms with Gasteiger partial charge in [0.2, 0.25) is 21.3 Å². The molecule has 1 aromatic heterocycles.